The van der Waals surface area contributed by atoms with Crippen LogP contribution < -0.4 is 9.47 Å². The Bertz CT molecular complexity index is 623. The molecule has 0 saturated heterocycles. The Morgan fingerprint density at radius 2 is 1.57 bits per heavy atom. The second kappa shape index (κ2) is 9.01. The molecule has 0 fully saturated rings. The molecule has 0 aliphatic rings. The van der Waals surface area contributed by atoms with E-state index in [0.29, 0.717) is 24.7 Å². The van der Waals surface area contributed by atoms with Gasteiger partial charge in [-0.05, 0) is 31.4 Å². The van der Waals surface area contributed by atoms with Gasteiger partial charge in [0.1, 0.15) is 11.8 Å². The van der Waals surface area contributed by atoms with Crippen LogP contribution in [0.4, 0.5) is 5.69 Å². The first-order chi connectivity index (χ1) is 11.3. The van der Waals surface area contributed by atoms with E-state index >= 15 is 0 Å². The van der Waals surface area contributed by atoms with E-state index in [0.717, 1.165) is 25.0 Å². The Morgan fingerprint density at radius 1 is 0.957 bits per heavy atom. The van der Waals surface area contributed by atoms with Crippen molar-refractivity contribution in [3.05, 3.63) is 53.9 Å². The third kappa shape index (κ3) is 5.64. The number of rotatable bonds is 8. The summed E-state index contributed by atoms with van der Waals surface area (Å²) < 4.78 is 11.1. The maximum absolute atomic E-state index is 8.59. The molecule has 0 aliphatic heterocycles. The zero-order chi connectivity index (χ0) is 16.3. The number of hydrogen-bond donors (Lipinski definition) is 0. The summed E-state index contributed by atoms with van der Waals surface area (Å²) in [5, 5.41) is 8.59. The summed E-state index contributed by atoms with van der Waals surface area (Å²) in [6.07, 6.45) is 5.82. The molecule has 1 aromatic carbocycles. The molecule has 6 heteroatoms. The molecule has 0 atom stereocenters. The van der Waals surface area contributed by atoms with Crippen molar-refractivity contribution in [2.75, 3.05) is 13.2 Å². The van der Waals surface area contributed by atoms with E-state index in [1.807, 2.05) is 6.07 Å². The fourth-order valence-electron chi connectivity index (χ4n) is 1.83. The first kappa shape index (κ1) is 16.3. The zero-order valence-electron chi connectivity index (χ0n) is 12.6. The van der Waals surface area contributed by atoms with Gasteiger partial charge in [-0.15, -0.1) is 0 Å². The molecule has 23 heavy (non-hydrogen) atoms. The van der Waals surface area contributed by atoms with Crippen LogP contribution in [0.25, 0.3) is 4.85 Å². The number of nitriles is 1. The predicted octanol–water partition coefficient (Wildman–Crippen LogP) is 3.53. The van der Waals surface area contributed by atoms with Gasteiger partial charge in [0.25, 0.3) is 0 Å². The van der Waals surface area contributed by atoms with E-state index in [9.17, 15) is 0 Å². The Hall–Kier alpha value is -3.12. The summed E-state index contributed by atoms with van der Waals surface area (Å²) in [5.41, 5.74) is 0.612. The molecule has 0 spiro atoms. The van der Waals surface area contributed by atoms with Crippen molar-refractivity contribution in [2.24, 2.45) is 0 Å². The van der Waals surface area contributed by atoms with Gasteiger partial charge in [0, 0.05) is 0 Å². The van der Waals surface area contributed by atoms with E-state index in [4.69, 9.17) is 21.3 Å². The van der Waals surface area contributed by atoms with Crippen molar-refractivity contribution >= 4 is 5.69 Å². The van der Waals surface area contributed by atoms with Crippen molar-refractivity contribution in [1.29, 1.82) is 5.26 Å². The van der Waals surface area contributed by atoms with Crippen LogP contribution in [0.5, 0.6) is 11.5 Å². The van der Waals surface area contributed by atoms with Gasteiger partial charge in [0.05, 0.1) is 32.2 Å². The Morgan fingerprint density at radius 3 is 2.13 bits per heavy atom. The molecule has 0 unspecified atom stereocenters. The Labute approximate surface area is 135 Å². The highest BCUT2D eigenvalue weighted by Crippen LogP contribution is 2.18. The molecule has 0 N–H and O–H groups in total. The molecule has 2 rings (SSSR count). The normalized spacial score (nSPS) is 9.65. The topological polar surface area (TPSA) is 72.4 Å². The SMILES string of the molecule is [C-]#[N+]c1ccc(OCCCCCOc2cnc(C#N)nc2)cc1. The van der Waals surface area contributed by atoms with E-state index in [1.165, 1.54) is 12.4 Å². The standard InChI is InChI=1S/C17H16N4O2/c1-19-14-5-7-15(8-6-14)22-9-3-2-4-10-23-16-12-20-17(11-18)21-13-16/h5-8,12-13H,2-4,9-10H2. The van der Waals surface area contributed by atoms with Gasteiger partial charge in [-0.3, -0.25) is 0 Å². The second-order valence-corrected chi connectivity index (χ2v) is 4.72. The average molecular weight is 308 g/mol. The van der Waals surface area contributed by atoms with Crippen molar-refractivity contribution in [3.63, 3.8) is 0 Å². The number of hydrogen-bond acceptors (Lipinski definition) is 5. The molecule has 6 nitrogen and oxygen atoms in total. The number of nitrogens with zero attached hydrogens (tertiary/aromatic N) is 4. The number of aromatic nitrogens is 2. The van der Waals surface area contributed by atoms with Crippen molar-refractivity contribution in [1.82, 2.24) is 9.97 Å². The maximum atomic E-state index is 8.59. The molecule has 1 aromatic heterocycles. The summed E-state index contributed by atoms with van der Waals surface area (Å²) in [6.45, 7) is 8.09. The third-order valence-electron chi connectivity index (χ3n) is 3.02. The molecule has 1 heterocycles. The maximum Gasteiger partial charge on any atom is 0.232 e. The third-order valence-corrected chi connectivity index (χ3v) is 3.02. The van der Waals surface area contributed by atoms with Crippen LogP contribution >= 0.6 is 0 Å². The van der Waals surface area contributed by atoms with Crippen LogP contribution in [0.3, 0.4) is 0 Å². The summed E-state index contributed by atoms with van der Waals surface area (Å²) >= 11 is 0. The second-order valence-electron chi connectivity index (χ2n) is 4.72. The number of unbranched alkanes of at least 4 members (excludes halogenated alkanes) is 2. The largest absolute Gasteiger partial charge is 0.494 e. The quantitative estimate of drug-likeness (QED) is 0.551. The molecule has 0 aliphatic carbocycles. The summed E-state index contributed by atoms with van der Waals surface area (Å²) in [7, 11) is 0. The minimum atomic E-state index is 0.138. The Balaban J connectivity index is 1.55. The van der Waals surface area contributed by atoms with Crippen LogP contribution in [0.15, 0.2) is 36.7 Å². The highest BCUT2D eigenvalue weighted by Gasteiger charge is 1.98. The van der Waals surface area contributed by atoms with Gasteiger partial charge in [0.2, 0.25) is 5.82 Å². The van der Waals surface area contributed by atoms with Crippen LogP contribution in [0.1, 0.15) is 25.1 Å². The summed E-state index contributed by atoms with van der Waals surface area (Å²) in [5.74, 6) is 1.49. The predicted molar refractivity (Wildman–Crippen MR) is 84.3 cm³/mol. The lowest BCUT2D eigenvalue weighted by atomic mass is 10.2. The van der Waals surface area contributed by atoms with Crippen LogP contribution in [0, 0.1) is 17.9 Å². The lowest BCUT2D eigenvalue weighted by Gasteiger charge is -2.07. The van der Waals surface area contributed by atoms with Crippen LogP contribution in [-0.4, -0.2) is 23.2 Å². The van der Waals surface area contributed by atoms with Crippen molar-refractivity contribution in [3.8, 4) is 17.6 Å². The fourth-order valence-corrected chi connectivity index (χ4v) is 1.83. The van der Waals surface area contributed by atoms with E-state index in [2.05, 4.69) is 14.8 Å². The van der Waals surface area contributed by atoms with Crippen LogP contribution in [-0.2, 0) is 0 Å². The lowest BCUT2D eigenvalue weighted by Crippen LogP contribution is -2.01. The monoisotopic (exact) mass is 308 g/mol. The smallest absolute Gasteiger partial charge is 0.232 e. The molecule has 0 radical (unpaired) electrons. The van der Waals surface area contributed by atoms with Gasteiger partial charge in [-0.1, -0.05) is 12.1 Å². The molecule has 116 valence electrons. The molecular formula is C17H16N4O2. The number of benzene rings is 1. The molecular weight excluding hydrogens is 292 g/mol. The van der Waals surface area contributed by atoms with E-state index < -0.39 is 0 Å². The van der Waals surface area contributed by atoms with Crippen LogP contribution in [0.2, 0.25) is 0 Å². The minimum absolute atomic E-state index is 0.138. The zero-order valence-corrected chi connectivity index (χ0v) is 12.6. The lowest BCUT2D eigenvalue weighted by molar-refractivity contribution is 0.278. The Kier molecular flexibility index (Phi) is 6.37. The first-order valence-electron chi connectivity index (χ1n) is 7.27. The van der Waals surface area contributed by atoms with Gasteiger partial charge in [-0.2, -0.15) is 5.26 Å². The minimum Gasteiger partial charge on any atom is -0.494 e. The highest BCUT2D eigenvalue weighted by molar-refractivity contribution is 5.46. The van der Waals surface area contributed by atoms with Gasteiger partial charge in [0.15, 0.2) is 11.4 Å². The average Bonchev–Trinajstić information content (AvgIpc) is 2.62. The molecule has 0 saturated carbocycles. The van der Waals surface area contributed by atoms with Crippen molar-refractivity contribution < 1.29 is 9.47 Å². The summed E-state index contributed by atoms with van der Waals surface area (Å²) in [4.78, 5) is 11.0. The first-order valence-corrected chi connectivity index (χ1v) is 7.27. The fraction of sp³-hybridized carbons (Fsp3) is 0.294. The molecule has 2 aromatic rings. The number of ether oxygens (including phenoxy) is 2. The van der Waals surface area contributed by atoms with E-state index in [1.54, 1.807) is 24.3 Å². The van der Waals surface area contributed by atoms with E-state index in [-0.39, 0.29) is 5.82 Å². The molecule has 0 bridgehead atoms. The highest BCUT2D eigenvalue weighted by atomic mass is 16.5. The van der Waals surface area contributed by atoms with Gasteiger partial charge < -0.3 is 9.47 Å². The summed E-state index contributed by atoms with van der Waals surface area (Å²) in [6, 6.07) is 8.96. The molecule has 0 amide bonds. The van der Waals surface area contributed by atoms with Gasteiger partial charge in [-0.25, -0.2) is 14.8 Å². The van der Waals surface area contributed by atoms with Crippen molar-refractivity contribution in [2.45, 2.75) is 19.3 Å². The van der Waals surface area contributed by atoms with Gasteiger partial charge >= 0.3 is 0 Å².